The fourth-order valence-electron chi connectivity index (χ4n) is 2.47. The largest absolute Gasteiger partial charge is 0.454 e. The molecule has 0 amide bonds. The van der Waals surface area contributed by atoms with Crippen molar-refractivity contribution in [3.8, 4) is 17.2 Å². The standard InChI is InChI=1S/C15H19F2N3O3/c16-14(17)23-11-5-13-12(21-8-22-13)4-10(11)7-20-15(18)19-6-9-2-1-3-9/h4-5,9,14H,1-3,6-8H2,(H3,18,19,20). The molecule has 0 atom stereocenters. The van der Waals surface area contributed by atoms with Crippen LogP contribution in [0.2, 0.25) is 0 Å². The van der Waals surface area contributed by atoms with Gasteiger partial charge in [0.2, 0.25) is 6.79 Å². The van der Waals surface area contributed by atoms with Crippen LogP contribution in [0.15, 0.2) is 17.1 Å². The molecule has 0 radical (unpaired) electrons. The third-order valence-electron chi connectivity index (χ3n) is 3.99. The lowest BCUT2D eigenvalue weighted by atomic mass is 9.85. The first-order chi connectivity index (χ1) is 11.1. The predicted octanol–water partition coefficient (Wildman–Crippen LogP) is 2.22. The first-order valence-corrected chi connectivity index (χ1v) is 7.53. The highest BCUT2D eigenvalue weighted by Crippen LogP contribution is 2.39. The Bertz CT molecular complexity index is 592. The summed E-state index contributed by atoms with van der Waals surface area (Å²) >= 11 is 0. The topological polar surface area (TPSA) is 78.1 Å². The summed E-state index contributed by atoms with van der Waals surface area (Å²) in [6.07, 6.45) is 3.67. The van der Waals surface area contributed by atoms with E-state index in [1.807, 2.05) is 0 Å². The Balaban J connectivity index is 1.67. The van der Waals surface area contributed by atoms with Gasteiger partial charge < -0.3 is 25.3 Å². The second kappa shape index (κ2) is 6.89. The Hall–Kier alpha value is -2.25. The van der Waals surface area contributed by atoms with Gasteiger partial charge >= 0.3 is 6.61 Å². The van der Waals surface area contributed by atoms with Crippen LogP contribution in [-0.2, 0) is 6.54 Å². The Morgan fingerprint density at radius 1 is 1.35 bits per heavy atom. The van der Waals surface area contributed by atoms with E-state index in [4.69, 9.17) is 15.2 Å². The second-order valence-corrected chi connectivity index (χ2v) is 5.57. The zero-order valence-corrected chi connectivity index (χ0v) is 12.6. The third kappa shape index (κ3) is 3.94. The minimum Gasteiger partial charge on any atom is -0.454 e. The number of rotatable bonds is 6. The molecular weight excluding hydrogens is 308 g/mol. The molecule has 0 bridgehead atoms. The maximum Gasteiger partial charge on any atom is 0.387 e. The van der Waals surface area contributed by atoms with E-state index in [9.17, 15) is 8.78 Å². The Morgan fingerprint density at radius 2 is 2.09 bits per heavy atom. The van der Waals surface area contributed by atoms with Gasteiger partial charge in [0.1, 0.15) is 5.75 Å². The SMILES string of the molecule is NC(=NCc1cc2c(cc1OC(F)F)OCO2)NCC1CCC1. The zero-order valence-electron chi connectivity index (χ0n) is 12.6. The van der Waals surface area contributed by atoms with Crippen LogP contribution in [0.5, 0.6) is 17.2 Å². The summed E-state index contributed by atoms with van der Waals surface area (Å²) in [5.41, 5.74) is 6.27. The number of aliphatic imine (C=N–C) groups is 1. The van der Waals surface area contributed by atoms with Gasteiger partial charge in [0.05, 0.1) is 6.54 Å². The average Bonchev–Trinajstić information content (AvgIpc) is 2.89. The van der Waals surface area contributed by atoms with E-state index < -0.39 is 6.61 Å². The van der Waals surface area contributed by atoms with Gasteiger partial charge in [-0.3, -0.25) is 0 Å². The molecule has 1 heterocycles. The molecule has 1 aliphatic heterocycles. The maximum absolute atomic E-state index is 12.5. The molecule has 3 N–H and O–H groups in total. The quantitative estimate of drug-likeness (QED) is 0.619. The molecule has 1 aromatic carbocycles. The molecule has 3 rings (SSSR count). The number of alkyl halides is 2. The lowest BCUT2D eigenvalue weighted by molar-refractivity contribution is -0.0504. The number of nitrogens with zero attached hydrogens (tertiary/aromatic N) is 1. The molecule has 1 aliphatic carbocycles. The molecular formula is C15H19F2N3O3. The lowest BCUT2D eigenvalue weighted by Crippen LogP contribution is -2.37. The lowest BCUT2D eigenvalue weighted by Gasteiger charge is -2.25. The first-order valence-electron chi connectivity index (χ1n) is 7.53. The van der Waals surface area contributed by atoms with Crippen molar-refractivity contribution >= 4 is 5.96 Å². The van der Waals surface area contributed by atoms with Crippen molar-refractivity contribution in [2.45, 2.75) is 32.4 Å². The van der Waals surface area contributed by atoms with Crippen molar-refractivity contribution in [3.63, 3.8) is 0 Å². The van der Waals surface area contributed by atoms with Gasteiger partial charge in [0.15, 0.2) is 17.5 Å². The summed E-state index contributed by atoms with van der Waals surface area (Å²) in [5, 5.41) is 3.05. The number of benzene rings is 1. The van der Waals surface area contributed by atoms with Crippen LogP contribution < -0.4 is 25.3 Å². The number of fused-ring (bicyclic) bond motifs is 1. The normalized spacial score (nSPS) is 17.3. The molecule has 1 saturated carbocycles. The maximum atomic E-state index is 12.5. The van der Waals surface area contributed by atoms with Gasteiger partial charge in [-0.1, -0.05) is 6.42 Å². The van der Waals surface area contributed by atoms with Gasteiger partial charge in [-0.05, 0) is 24.8 Å². The van der Waals surface area contributed by atoms with E-state index in [0.717, 1.165) is 6.54 Å². The monoisotopic (exact) mass is 327 g/mol. The summed E-state index contributed by atoms with van der Waals surface area (Å²) in [6.45, 7) is -1.97. The summed E-state index contributed by atoms with van der Waals surface area (Å²) in [7, 11) is 0. The van der Waals surface area contributed by atoms with Gasteiger partial charge in [0.25, 0.3) is 0 Å². The molecule has 126 valence electrons. The third-order valence-corrected chi connectivity index (χ3v) is 3.99. The van der Waals surface area contributed by atoms with Crippen LogP contribution >= 0.6 is 0 Å². The van der Waals surface area contributed by atoms with E-state index in [1.165, 1.54) is 25.3 Å². The highest BCUT2D eigenvalue weighted by Gasteiger charge is 2.20. The zero-order chi connectivity index (χ0) is 16.2. The van der Waals surface area contributed by atoms with Crippen LogP contribution in [0.4, 0.5) is 8.78 Å². The fourth-order valence-corrected chi connectivity index (χ4v) is 2.47. The molecule has 2 aliphatic rings. The highest BCUT2D eigenvalue weighted by atomic mass is 19.3. The molecule has 1 aromatic rings. The van der Waals surface area contributed by atoms with Crippen molar-refractivity contribution in [1.82, 2.24) is 5.32 Å². The smallest absolute Gasteiger partial charge is 0.387 e. The minimum atomic E-state index is -2.92. The summed E-state index contributed by atoms with van der Waals surface area (Å²) < 4.78 is 40.0. The van der Waals surface area contributed by atoms with Gasteiger partial charge in [0, 0.05) is 18.2 Å². The number of hydrogen-bond acceptors (Lipinski definition) is 4. The van der Waals surface area contributed by atoms with E-state index in [1.54, 1.807) is 6.07 Å². The van der Waals surface area contributed by atoms with E-state index in [-0.39, 0.29) is 25.0 Å². The Labute approximate surface area is 132 Å². The number of halogens is 2. The molecule has 6 nitrogen and oxygen atoms in total. The van der Waals surface area contributed by atoms with Crippen molar-refractivity contribution in [3.05, 3.63) is 17.7 Å². The van der Waals surface area contributed by atoms with Gasteiger partial charge in [-0.15, -0.1) is 0 Å². The van der Waals surface area contributed by atoms with E-state index in [0.29, 0.717) is 23.0 Å². The summed E-state index contributed by atoms with van der Waals surface area (Å²) in [4.78, 5) is 4.18. The molecule has 23 heavy (non-hydrogen) atoms. The van der Waals surface area contributed by atoms with Crippen molar-refractivity contribution in [2.24, 2.45) is 16.6 Å². The molecule has 1 fully saturated rings. The van der Waals surface area contributed by atoms with Crippen LogP contribution in [-0.4, -0.2) is 25.9 Å². The fraction of sp³-hybridized carbons (Fsp3) is 0.533. The Kier molecular flexibility index (Phi) is 4.68. The minimum absolute atomic E-state index is 0.0137. The number of nitrogens with two attached hydrogens (primary N) is 1. The molecule has 0 aromatic heterocycles. The van der Waals surface area contributed by atoms with Crippen LogP contribution in [0.25, 0.3) is 0 Å². The molecule has 8 heteroatoms. The van der Waals surface area contributed by atoms with Crippen LogP contribution in [0, 0.1) is 5.92 Å². The summed E-state index contributed by atoms with van der Waals surface area (Å²) in [6, 6.07) is 2.97. The number of nitrogens with one attached hydrogen (secondary N) is 1. The molecule has 0 unspecified atom stereocenters. The van der Waals surface area contributed by atoms with Gasteiger partial charge in [-0.2, -0.15) is 8.78 Å². The molecule has 0 spiro atoms. The second-order valence-electron chi connectivity index (χ2n) is 5.57. The van der Waals surface area contributed by atoms with Crippen LogP contribution in [0.3, 0.4) is 0 Å². The highest BCUT2D eigenvalue weighted by molar-refractivity contribution is 5.77. The summed E-state index contributed by atoms with van der Waals surface area (Å²) in [5.74, 6) is 1.81. The number of ether oxygens (including phenoxy) is 3. The van der Waals surface area contributed by atoms with Crippen molar-refractivity contribution in [2.75, 3.05) is 13.3 Å². The van der Waals surface area contributed by atoms with Crippen LogP contribution in [0.1, 0.15) is 24.8 Å². The average molecular weight is 327 g/mol. The predicted molar refractivity (Wildman–Crippen MR) is 79.9 cm³/mol. The van der Waals surface area contributed by atoms with E-state index >= 15 is 0 Å². The van der Waals surface area contributed by atoms with Crippen molar-refractivity contribution in [1.29, 1.82) is 0 Å². The molecule has 0 saturated heterocycles. The van der Waals surface area contributed by atoms with E-state index in [2.05, 4.69) is 15.0 Å². The number of hydrogen-bond donors (Lipinski definition) is 2. The first kappa shape index (κ1) is 15.6. The van der Waals surface area contributed by atoms with Crippen molar-refractivity contribution < 1.29 is 23.0 Å². The number of guanidine groups is 1. The van der Waals surface area contributed by atoms with Gasteiger partial charge in [-0.25, -0.2) is 4.99 Å². The Morgan fingerprint density at radius 3 is 2.74 bits per heavy atom.